The van der Waals surface area contributed by atoms with Gasteiger partial charge in [-0.05, 0) is 29.8 Å². The monoisotopic (exact) mass is 331 g/mol. The van der Waals surface area contributed by atoms with E-state index in [9.17, 15) is 4.79 Å². The van der Waals surface area contributed by atoms with Gasteiger partial charge in [0.15, 0.2) is 17.1 Å². The molecule has 0 atom stereocenters. The molecule has 1 aromatic heterocycles. The van der Waals surface area contributed by atoms with E-state index in [2.05, 4.69) is 0 Å². The number of ether oxygens (including phenoxy) is 2. The summed E-state index contributed by atoms with van der Waals surface area (Å²) in [6.07, 6.45) is 0.812. The number of nitrogens with zero attached hydrogens (tertiary/aromatic N) is 1. The second-order valence-corrected chi connectivity index (χ2v) is 5.78. The van der Waals surface area contributed by atoms with Crippen LogP contribution in [0.25, 0.3) is 11.1 Å². The van der Waals surface area contributed by atoms with Crippen LogP contribution in [0.2, 0.25) is 5.02 Å². The van der Waals surface area contributed by atoms with E-state index in [1.54, 1.807) is 16.7 Å². The first kappa shape index (κ1) is 14.2. The number of fused-ring (bicyclic) bond motifs is 2. The van der Waals surface area contributed by atoms with Crippen LogP contribution >= 0.6 is 11.6 Å². The summed E-state index contributed by atoms with van der Waals surface area (Å²) >= 11 is 6.30. The predicted molar refractivity (Wildman–Crippen MR) is 86.6 cm³/mol. The van der Waals surface area contributed by atoms with Crippen molar-refractivity contribution in [3.05, 3.63) is 57.5 Å². The highest BCUT2D eigenvalue weighted by Crippen LogP contribution is 2.38. The largest absolute Gasteiger partial charge is 0.489 e. The Hall–Kier alpha value is -2.40. The molecule has 0 saturated carbocycles. The quantitative estimate of drug-likeness (QED) is 0.721. The third kappa shape index (κ3) is 2.57. The van der Waals surface area contributed by atoms with E-state index in [1.807, 2.05) is 24.3 Å². The zero-order valence-electron chi connectivity index (χ0n) is 12.3. The Morgan fingerprint density at radius 2 is 1.96 bits per heavy atom. The molecule has 0 N–H and O–H groups in total. The fourth-order valence-corrected chi connectivity index (χ4v) is 3.01. The molecule has 0 fully saturated rings. The molecule has 1 aliphatic heterocycles. The Morgan fingerprint density at radius 3 is 2.87 bits per heavy atom. The van der Waals surface area contributed by atoms with Crippen molar-refractivity contribution < 1.29 is 13.9 Å². The summed E-state index contributed by atoms with van der Waals surface area (Å²) in [5.74, 6) is 0.789. The van der Waals surface area contributed by atoms with Gasteiger partial charge in [-0.15, -0.1) is 0 Å². The Morgan fingerprint density at radius 1 is 1.13 bits per heavy atom. The minimum atomic E-state index is -0.394. The molecule has 0 aliphatic carbocycles. The molecular weight excluding hydrogens is 318 g/mol. The molecule has 0 bridgehead atoms. The zero-order chi connectivity index (χ0) is 15.8. The highest BCUT2D eigenvalue weighted by Gasteiger charge is 2.17. The van der Waals surface area contributed by atoms with E-state index in [0.717, 1.165) is 17.5 Å². The number of aromatic nitrogens is 1. The van der Waals surface area contributed by atoms with Gasteiger partial charge in [-0.2, -0.15) is 0 Å². The van der Waals surface area contributed by atoms with Crippen LogP contribution in [-0.4, -0.2) is 17.8 Å². The average Bonchev–Trinajstić information content (AvgIpc) is 2.72. The van der Waals surface area contributed by atoms with Crippen LogP contribution < -0.4 is 15.2 Å². The molecule has 4 rings (SSSR count). The number of hydrogen-bond acceptors (Lipinski definition) is 4. The molecule has 0 radical (unpaired) electrons. The van der Waals surface area contributed by atoms with Gasteiger partial charge in [0.05, 0.1) is 30.3 Å². The van der Waals surface area contributed by atoms with Crippen molar-refractivity contribution in [1.82, 2.24) is 4.57 Å². The van der Waals surface area contributed by atoms with Gasteiger partial charge in [0.1, 0.15) is 0 Å². The summed E-state index contributed by atoms with van der Waals surface area (Å²) in [5.41, 5.74) is 2.17. The molecule has 0 saturated heterocycles. The highest BCUT2D eigenvalue weighted by atomic mass is 35.5. The summed E-state index contributed by atoms with van der Waals surface area (Å²) in [5, 5.41) is 0.486. The summed E-state index contributed by atoms with van der Waals surface area (Å²) in [6, 6.07) is 11.0. The topological polar surface area (TPSA) is 53.6 Å². The molecule has 2 aromatic carbocycles. The zero-order valence-corrected chi connectivity index (χ0v) is 13.0. The van der Waals surface area contributed by atoms with E-state index in [0.29, 0.717) is 41.9 Å². The lowest BCUT2D eigenvalue weighted by Gasteiger charge is -2.11. The summed E-state index contributed by atoms with van der Waals surface area (Å²) in [4.78, 5) is 12.1. The number of rotatable bonds is 2. The minimum absolute atomic E-state index is 0.353. The number of benzene rings is 2. The Balaban J connectivity index is 1.76. The van der Waals surface area contributed by atoms with Crippen molar-refractivity contribution in [1.29, 1.82) is 0 Å². The van der Waals surface area contributed by atoms with Gasteiger partial charge in [-0.1, -0.05) is 23.7 Å². The third-order valence-electron chi connectivity index (χ3n) is 3.78. The second kappa shape index (κ2) is 5.66. The van der Waals surface area contributed by atoms with E-state index in [-0.39, 0.29) is 0 Å². The van der Waals surface area contributed by atoms with Crippen molar-refractivity contribution in [2.75, 3.05) is 13.2 Å². The molecule has 0 spiro atoms. The first-order valence-corrected chi connectivity index (χ1v) is 7.76. The van der Waals surface area contributed by atoms with Gasteiger partial charge in [-0.3, -0.25) is 4.57 Å². The van der Waals surface area contributed by atoms with Crippen molar-refractivity contribution in [3.63, 3.8) is 0 Å². The molecule has 118 valence electrons. The molecule has 0 unspecified atom stereocenters. The maximum absolute atomic E-state index is 12.1. The molecule has 0 amide bonds. The normalized spacial score (nSPS) is 14.0. The lowest BCUT2D eigenvalue weighted by molar-refractivity contribution is 0.297. The predicted octanol–water partition coefficient (Wildman–Crippen LogP) is 3.46. The lowest BCUT2D eigenvalue weighted by atomic mass is 10.2. The molecule has 3 aromatic rings. The fraction of sp³-hybridized carbons (Fsp3) is 0.235. The molecule has 5 nitrogen and oxygen atoms in total. The van der Waals surface area contributed by atoms with Crippen LogP contribution in [0.1, 0.15) is 12.0 Å². The number of oxazole rings is 1. The molecule has 1 aliphatic rings. The van der Waals surface area contributed by atoms with E-state index in [1.165, 1.54) is 0 Å². The van der Waals surface area contributed by atoms with E-state index < -0.39 is 5.76 Å². The van der Waals surface area contributed by atoms with Crippen molar-refractivity contribution >= 4 is 22.7 Å². The maximum atomic E-state index is 12.1. The van der Waals surface area contributed by atoms with Crippen LogP contribution in [0.15, 0.2) is 45.6 Å². The summed E-state index contributed by atoms with van der Waals surface area (Å²) in [6.45, 7) is 1.52. The van der Waals surface area contributed by atoms with Crippen LogP contribution in [0.5, 0.6) is 11.5 Å². The Bertz CT molecular complexity index is 928. The summed E-state index contributed by atoms with van der Waals surface area (Å²) in [7, 11) is 0. The molecule has 2 heterocycles. The van der Waals surface area contributed by atoms with Gasteiger partial charge in [-0.25, -0.2) is 4.79 Å². The highest BCUT2D eigenvalue weighted by molar-refractivity contribution is 6.32. The summed E-state index contributed by atoms with van der Waals surface area (Å²) < 4.78 is 18.1. The first-order chi connectivity index (χ1) is 11.2. The smallest absolute Gasteiger partial charge is 0.420 e. The van der Waals surface area contributed by atoms with Crippen molar-refractivity contribution in [2.45, 2.75) is 13.0 Å². The van der Waals surface area contributed by atoms with Gasteiger partial charge < -0.3 is 13.9 Å². The van der Waals surface area contributed by atoms with E-state index >= 15 is 0 Å². The third-order valence-corrected chi connectivity index (χ3v) is 4.06. The van der Waals surface area contributed by atoms with Gasteiger partial charge in [0, 0.05) is 6.42 Å². The standard InChI is InChI=1S/C17H14ClNO4/c18-12-8-11(9-15-16(12)22-7-3-6-21-15)10-19-13-4-1-2-5-14(13)23-17(19)20/h1-2,4-5,8-9H,3,6-7,10H2. The molecule has 23 heavy (non-hydrogen) atoms. The number of hydrogen-bond donors (Lipinski definition) is 0. The van der Waals surface area contributed by atoms with Crippen molar-refractivity contribution in [2.24, 2.45) is 0 Å². The number of halogens is 1. The SMILES string of the molecule is O=c1oc2ccccc2n1Cc1cc(Cl)c2c(c1)OCCCO2. The fourth-order valence-electron chi connectivity index (χ4n) is 2.72. The number of para-hydroxylation sites is 2. The van der Waals surface area contributed by atoms with Crippen molar-refractivity contribution in [3.8, 4) is 11.5 Å². The van der Waals surface area contributed by atoms with Crippen LogP contribution in [-0.2, 0) is 6.54 Å². The van der Waals surface area contributed by atoms with Crippen LogP contribution in [0.4, 0.5) is 0 Å². The van der Waals surface area contributed by atoms with Crippen LogP contribution in [0.3, 0.4) is 0 Å². The van der Waals surface area contributed by atoms with Gasteiger partial charge in [0.2, 0.25) is 0 Å². The first-order valence-electron chi connectivity index (χ1n) is 7.39. The van der Waals surface area contributed by atoms with Gasteiger partial charge in [0.25, 0.3) is 0 Å². The molecule has 6 heteroatoms. The minimum Gasteiger partial charge on any atom is -0.489 e. The lowest BCUT2D eigenvalue weighted by Crippen LogP contribution is -2.15. The Labute approximate surface area is 137 Å². The maximum Gasteiger partial charge on any atom is 0.420 e. The second-order valence-electron chi connectivity index (χ2n) is 5.38. The average molecular weight is 332 g/mol. The molecular formula is C17H14ClNO4. The van der Waals surface area contributed by atoms with Crippen LogP contribution in [0, 0.1) is 0 Å². The van der Waals surface area contributed by atoms with E-state index in [4.69, 9.17) is 25.5 Å². The van der Waals surface area contributed by atoms with Gasteiger partial charge >= 0.3 is 5.76 Å². The Kier molecular flexibility index (Phi) is 3.50.